The highest BCUT2D eigenvalue weighted by Crippen LogP contribution is 2.29. The Hall–Kier alpha value is -4.13. The number of carbonyl (C=O) groups excluding carboxylic acids is 1. The molecule has 33 heavy (non-hydrogen) atoms. The van der Waals surface area contributed by atoms with Gasteiger partial charge >= 0.3 is 0 Å². The van der Waals surface area contributed by atoms with E-state index in [1.807, 2.05) is 0 Å². The van der Waals surface area contributed by atoms with Crippen LogP contribution in [0.5, 0.6) is 11.5 Å². The van der Waals surface area contributed by atoms with E-state index in [0.29, 0.717) is 33.9 Å². The van der Waals surface area contributed by atoms with Crippen molar-refractivity contribution in [2.75, 3.05) is 0 Å². The minimum absolute atomic E-state index is 0.0244. The quantitative estimate of drug-likeness (QED) is 0.382. The summed E-state index contributed by atoms with van der Waals surface area (Å²) in [5.41, 5.74) is 2.63. The molecule has 4 aromatic rings. The van der Waals surface area contributed by atoms with E-state index in [1.54, 1.807) is 55.6 Å². The Morgan fingerprint density at radius 1 is 0.909 bits per heavy atom. The van der Waals surface area contributed by atoms with Crippen LogP contribution in [0.4, 0.5) is 13.2 Å². The molecule has 0 saturated carbocycles. The largest absolute Gasteiger partial charge is 0.457 e. The highest BCUT2D eigenvalue weighted by atomic mass is 19.1. The van der Waals surface area contributed by atoms with E-state index in [2.05, 4.69) is 10.3 Å². The number of nitrogens with one attached hydrogen (secondary N) is 1. The van der Waals surface area contributed by atoms with Crippen LogP contribution in [0.3, 0.4) is 0 Å². The number of ether oxygens (including phenoxy) is 1. The lowest BCUT2D eigenvalue weighted by molar-refractivity contribution is 0.0950. The van der Waals surface area contributed by atoms with Crippen LogP contribution in [0.15, 0.2) is 79.0 Å². The topological polar surface area (TPSA) is 51.2 Å². The SMILES string of the molecule is Cc1c(Oc2ccnc(-c3ccc(F)cc3)c2)cccc1C(=O)NCc1cc(F)cc(F)c1. The van der Waals surface area contributed by atoms with Crippen LogP contribution in [0.25, 0.3) is 11.3 Å². The molecule has 0 bridgehead atoms. The zero-order valence-electron chi connectivity index (χ0n) is 17.6. The van der Waals surface area contributed by atoms with E-state index in [-0.39, 0.29) is 12.4 Å². The highest BCUT2D eigenvalue weighted by Gasteiger charge is 2.14. The van der Waals surface area contributed by atoms with Gasteiger partial charge in [-0.2, -0.15) is 0 Å². The molecule has 1 heterocycles. The number of benzene rings is 3. The molecule has 1 aromatic heterocycles. The normalized spacial score (nSPS) is 10.7. The van der Waals surface area contributed by atoms with Crippen LogP contribution < -0.4 is 10.1 Å². The van der Waals surface area contributed by atoms with Crippen LogP contribution in [-0.4, -0.2) is 10.9 Å². The molecule has 1 N–H and O–H groups in total. The third kappa shape index (κ3) is 5.38. The molecule has 0 aliphatic carbocycles. The summed E-state index contributed by atoms with van der Waals surface area (Å²) in [5, 5.41) is 2.67. The van der Waals surface area contributed by atoms with E-state index < -0.39 is 17.5 Å². The van der Waals surface area contributed by atoms with Crippen molar-refractivity contribution >= 4 is 5.91 Å². The standard InChI is InChI=1S/C26H19F3N2O2/c1-16-23(26(32)31-15-17-11-20(28)13-21(29)12-17)3-2-4-25(16)33-22-9-10-30-24(14-22)18-5-7-19(27)8-6-18/h2-14H,15H2,1H3,(H,31,32). The Balaban J connectivity index is 1.50. The Kier molecular flexibility index (Phi) is 6.40. The fraction of sp³-hybridized carbons (Fsp3) is 0.0769. The van der Waals surface area contributed by atoms with Gasteiger partial charge < -0.3 is 10.1 Å². The first-order valence-corrected chi connectivity index (χ1v) is 10.1. The number of amides is 1. The Morgan fingerprint density at radius 2 is 1.64 bits per heavy atom. The average molecular weight is 448 g/mol. The van der Waals surface area contributed by atoms with Gasteiger partial charge in [0, 0.05) is 41.6 Å². The average Bonchev–Trinajstić information content (AvgIpc) is 2.79. The maximum Gasteiger partial charge on any atom is 0.251 e. The molecule has 0 aliphatic heterocycles. The molecule has 4 nitrogen and oxygen atoms in total. The lowest BCUT2D eigenvalue weighted by Crippen LogP contribution is -2.23. The van der Waals surface area contributed by atoms with Crippen molar-refractivity contribution in [2.45, 2.75) is 13.5 Å². The maximum atomic E-state index is 13.4. The zero-order chi connectivity index (χ0) is 23.4. The van der Waals surface area contributed by atoms with Gasteiger partial charge in [0.1, 0.15) is 29.0 Å². The fourth-order valence-corrected chi connectivity index (χ4v) is 3.34. The van der Waals surface area contributed by atoms with Gasteiger partial charge in [0.2, 0.25) is 0 Å². The molecule has 0 unspecified atom stereocenters. The van der Waals surface area contributed by atoms with Crippen molar-refractivity contribution in [3.8, 4) is 22.8 Å². The monoisotopic (exact) mass is 448 g/mol. The van der Waals surface area contributed by atoms with Crippen LogP contribution >= 0.6 is 0 Å². The second-order valence-corrected chi connectivity index (χ2v) is 7.37. The van der Waals surface area contributed by atoms with Crippen molar-refractivity contribution in [3.63, 3.8) is 0 Å². The molecular formula is C26H19F3N2O2. The molecule has 0 fully saturated rings. The highest BCUT2D eigenvalue weighted by molar-refractivity contribution is 5.96. The molecule has 0 radical (unpaired) electrons. The minimum Gasteiger partial charge on any atom is -0.457 e. The third-order valence-corrected chi connectivity index (χ3v) is 5.00. The number of hydrogen-bond donors (Lipinski definition) is 1. The summed E-state index contributed by atoms with van der Waals surface area (Å²) in [5.74, 6) is -1.17. The smallest absolute Gasteiger partial charge is 0.251 e. The maximum absolute atomic E-state index is 13.4. The minimum atomic E-state index is -0.705. The number of halogens is 3. The summed E-state index contributed by atoms with van der Waals surface area (Å²) in [4.78, 5) is 17.0. The van der Waals surface area contributed by atoms with Gasteiger partial charge in [-0.3, -0.25) is 9.78 Å². The molecule has 1 amide bonds. The van der Waals surface area contributed by atoms with Gasteiger partial charge in [-0.15, -0.1) is 0 Å². The lowest BCUT2D eigenvalue weighted by atomic mass is 10.1. The van der Waals surface area contributed by atoms with E-state index in [4.69, 9.17) is 4.74 Å². The molecule has 3 aromatic carbocycles. The summed E-state index contributed by atoms with van der Waals surface area (Å²) in [6.45, 7) is 1.72. The van der Waals surface area contributed by atoms with Crippen LogP contribution in [0, 0.1) is 24.4 Å². The van der Waals surface area contributed by atoms with Crippen LogP contribution in [0.2, 0.25) is 0 Å². The first kappa shape index (κ1) is 22.1. The molecular weight excluding hydrogens is 429 g/mol. The predicted molar refractivity (Wildman–Crippen MR) is 118 cm³/mol. The molecule has 7 heteroatoms. The van der Waals surface area contributed by atoms with Gasteiger partial charge in [0.05, 0.1) is 5.69 Å². The van der Waals surface area contributed by atoms with Gasteiger partial charge in [0.25, 0.3) is 5.91 Å². The van der Waals surface area contributed by atoms with Crippen molar-refractivity contribution in [1.29, 1.82) is 0 Å². The van der Waals surface area contributed by atoms with E-state index in [1.165, 1.54) is 12.1 Å². The van der Waals surface area contributed by atoms with Gasteiger partial charge in [0.15, 0.2) is 0 Å². The van der Waals surface area contributed by atoms with Crippen molar-refractivity contribution in [1.82, 2.24) is 10.3 Å². The third-order valence-electron chi connectivity index (χ3n) is 5.00. The number of hydrogen-bond acceptors (Lipinski definition) is 3. The van der Waals surface area contributed by atoms with Crippen molar-refractivity contribution < 1.29 is 22.7 Å². The van der Waals surface area contributed by atoms with Crippen molar-refractivity contribution in [3.05, 3.63) is 113 Å². The number of pyridine rings is 1. The number of carbonyl (C=O) groups is 1. The number of aromatic nitrogens is 1. The van der Waals surface area contributed by atoms with E-state index in [9.17, 15) is 18.0 Å². The van der Waals surface area contributed by atoms with Gasteiger partial charge in [-0.25, -0.2) is 13.2 Å². The molecule has 0 saturated heterocycles. The van der Waals surface area contributed by atoms with Gasteiger partial charge in [-0.05, 0) is 67.1 Å². The van der Waals surface area contributed by atoms with E-state index >= 15 is 0 Å². The molecule has 166 valence electrons. The summed E-state index contributed by atoms with van der Waals surface area (Å²) >= 11 is 0. The first-order valence-electron chi connectivity index (χ1n) is 10.1. The Labute approximate surface area is 188 Å². The summed E-state index contributed by atoms with van der Waals surface area (Å²) < 4.78 is 45.9. The second-order valence-electron chi connectivity index (χ2n) is 7.37. The molecule has 0 atom stereocenters. The predicted octanol–water partition coefficient (Wildman–Crippen LogP) is 6.20. The number of rotatable bonds is 6. The summed E-state index contributed by atoms with van der Waals surface area (Å²) in [7, 11) is 0. The molecule has 4 rings (SSSR count). The number of nitrogens with zero attached hydrogens (tertiary/aromatic N) is 1. The zero-order valence-corrected chi connectivity index (χ0v) is 17.6. The van der Waals surface area contributed by atoms with Crippen LogP contribution in [-0.2, 0) is 6.54 Å². The van der Waals surface area contributed by atoms with E-state index in [0.717, 1.165) is 23.8 Å². The van der Waals surface area contributed by atoms with Crippen LogP contribution in [0.1, 0.15) is 21.5 Å². The van der Waals surface area contributed by atoms with Crippen molar-refractivity contribution in [2.24, 2.45) is 0 Å². The molecule has 0 spiro atoms. The second kappa shape index (κ2) is 9.56. The lowest BCUT2D eigenvalue weighted by Gasteiger charge is -2.13. The fourth-order valence-electron chi connectivity index (χ4n) is 3.34. The Morgan fingerprint density at radius 3 is 2.36 bits per heavy atom. The molecule has 0 aliphatic rings. The summed E-state index contributed by atoms with van der Waals surface area (Å²) in [6.07, 6.45) is 1.58. The van der Waals surface area contributed by atoms with Gasteiger partial charge in [-0.1, -0.05) is 6.07 Å². The summed E-state index contributed by atoms with van der Waals surface area (Å²) in [6, 6.07) is 17.5. The Bertz CT molecular complexity index is 1290. The first-order chi connectivity index (χ1) is 15.9.